The number of carbonyl (C=O) groups excluding carboxylic acids is 1. The van der Waals surface area contributed by atoms with Gasteiger partial charge in [-0.1, -0.05) is 48.9 Å². The van der Waals surface area contributed by atoms with E-state index in [0.29, 0.717) is 38.9 Å². The number of nitrogens with one attached hydrogen (secondary N) is 2. The molecule has 1 aromatic carbocycles. The van der Waals surface area contributed by atoms with Crippen LogP contribution >= 0.6 is 22.9 Å². The molecule has 1 fully saturated rings. The van der Waals surface area contributed by atoms with E-state index in [1.54, 1.807) is 6.07 Å². The molecule has 0 aliphatic carbocycles. The number of aryl methyl sites for hydroxylation is 2. The third kappa shape index (κ3) is 8.61. The van der Waals surface area contributed by atoms with Gasteiger partial charge in [-0.05, 0) is 32.5 Å². The number of anilines is 4. The van der Waals surface area contributed by atoms with E-state index in [2.05, 4.69) is 41.1 Å². The molecule has 1 aliphatic rings. The van der Waals surface area contributed by atoms with Gasteiger partial charge in [-0.25, -0.2) is 15.0 Å². The van der Waals surface area contributed by atoms with E-state index in [1.807, 2.05) is 45.9 Å². The third-order valence-corrected chi connectivity index (χ3v) is 6.59. The highest BCUT2D eigenvalue weighted by molar-refractivity contribution is 7.17. The van der Waals surface area contributed by atoms with Crippen molar-refractivity contribution >= 4 is 51.3 Å². The molecule has 1 amide bonds. The number of aromatic nitrogens is 3. The van der Waals surface area contributed by atoms with Gasteiger partial charge in [-0.3, -0.25) is 9.69 Å². The van der Waals surface area contributed by atoms with Gasteiger partial charge >= 0.3 is 0 Å². The molecule has 0 saturated carbocycles. The monoisotopic (exact) mass is 548 g/mol. The van der Waals surface area contributed by atoms with Crippen LogP contribution < -0.4 is 21.3 Å². The van der Waals surface area contributed by atoms with Crippen LogP contribution in [0, 0.1) is 13.8 Å². The summed E-state index contributed by atoms with van der Waals surface area (Å²) in [5.74, 6) is 1.85. The second kappa shape index (κ2) is 15.4. The van der Waals surface area contributed by atoms with Crippen LogP contribution in [0.3, 0.4) is 0 Å². The fourth-order valence-electron chi connectivity index (χ4n) is 3.63. The van der Waals surface area contributed by atoms with Crippen LogP contribution in [0.5, 0.6) is 0 Å². The van der Waals surface area contributed by atoms with Crippen LogP contribution in [-0.2, 0) is 0 Å². The Kier molecular flexibility index (Phi) is 12.7. The summed E-state index contributed by atoms with van der Waals surface area (Å²) in [5, 5.41) is 16.2. The lowest BCUT2D eigenvalue weighted by Crippen LogP contribution is -2.47. The number of halogens is 1. The number of amides is 1. The van der Waals surface area contributed by atoms with Gasteiger partial charge in [0.05, 0.1) is 23.5 Å². The van der Waals surface area contributed by atoms with E-state index in [9.17, 15) is 4.79 Å². The first-order valence-corrected chi connectivity index (χ1v) is 13.4. The summed E-state index contributed by atoms with van der Waals surface area (Å²) < 4.78 is 0. The molecule has 3 aromatic rings. The molecular weight excluding hydrogens is 512 g/mol. The minimum atomic E-state index is -0.267. The highest BCUT2D eigenvalue weighted by Crippen LogP contribution is 2.28. The van der Waals surface area contributed by atoms with E-state index in [1.165, 1.54) is 24.6 Å². The molecule has 10 nitrogen and oxygen atoms in total. The van der Waals surface area contributed by atoms with Crippen molar-refractivity contribution in [2.24, 2.45) is 5.73 Å². The minimum absolute atomic E-state index is 0.173. The van der Waals surface area contributed by atoms with Crippen LogP contribution in [0.25, 0.3) is 0 Å². The molecule has 202 valence electrons. The molecule has 0 atom stereocenters. The first kappa shape index (κ1) is 30.4. The predicted molar refractivity (Wildman–Crippen MR) is 154 cm³/mol. The van der Waals surface area contributed by atoms with E-state index in [0.717, 1.165) is 37.6 Å². The number of carbonyl (C=O) groups is 1. The molecule has 3 heterocycles. The zero-order valence-corrected chi connectivity index (χ0v) is 23.7. The zero-order chi connectivity index (χ0) is 27.4. The summed E-state index contributed by atoms with van der Waals surface area (Å²) in [6.07, 6.45) is 1.53. The first-order valence-electron chi connectivity index (χ1n) is 12.2. The van der Waals surface area contributed by atoms with Gasteiger partial charge < -0.3 is 26.4 Å². The van der Waals surface area contributed by atoms with Crippen molar-refractivity contribution < 1.29 is 9.90 Å². The molecule has 0 bridgehead atoms. The average molecular weight is 549 g/mol. The van der Waals surface area contributed by atoms with Gasteiger partial charge in [0.15, 0.2) is 5.13 Å². The average Bonchev–Trinajstić information content (AvgIpc) is 3.37. The SMILES string of the molecule is CC.CN.Cc1nc(Nc2ncc(C(=O)Nc3c(C)cccc3Cl)s2)cc(N2CCN(CCO)CC2)n1. The maximum absolute atomic E-state index is 12.7. The van der Waals surface area contributed by atoms with Gasteiger partial charge in [0, 0.05) is 38.8 Å². The van der Waals surface area contributed by atoms with Crippen molar-refractivity contribution in [3.63, 3.8) is 0 Å². The van der Waals surface area contributed by atoms with Crippen LogP contribution in [-0.4, -0.2) is 77.2 Å². The minimum Gasteiger partial charge on any atom is -0.395 e. The molecule has 37 heavy (non-hydrogen) atoms. The van der Waals surface area contributed by atoms with Crippen LogP contribution in [0.4, 0.5) is 22.5 Å². The number of para-hydroxylation sites is 1. The van der Waals surface area contributed by atoms with Gasteiger partial charge in [0.25, 0.3) is 5.91 Å². The zero-order valence-electron chi connectivity index (χ0n) is 22.1. The van der Waals surface area contributed by atoms with Crippen LogP contribution in [0.2, 0.25) is 5.02 Å². The number of nitrogens with two attached hydrogens (primary N) is 1. The summed E-state index contributed by atoms with van der Waals surface area (Å²) in [6.45, 7) is 12.0. The number of aliphatic hydroxyl groups is 1. The molecule has 4 rings (SSSR count). The number of benzene rings is 1. The van der Waals surface area contributed by atoms with Crippen molar-refractivity contribution in [1.82, 2.24) is 19.9 Å². The second-order valence-corrected chi connectivity index (χ2v) is 9.19. The highest BCUT2D eigenvalue weighted by Gasteiger charge is 2.19. The second-order valence-electron chi connectivity index (χ2n) is 7.75. The van der Waals surface area contributed by atoms with Crippen LogP contribution in [0.15, 0.2) is 30.5 Å². The summed E-state index contributed by atoms with van der Waals surface area (Å²) >= 11 is 7.46. The Morgan fingerprint density at radius 3 is 2.51 bits per heavy atom. The molecule has 0 radical (unpaired) electrons. The fraction of sp³-hybridized carbons (Fsp3) is 0.440. The topological polar surface area (TPSA) is 133 Å². The van der Waals surface area contributed by atoms with Gasteiger partial charge in [0.2, 0.25) is 0 Å². The molecule has 12 heteroatoms. The third-order valence-electron chi connectivity index (χ3n) is 5.36. The maximum Gasteiger partial charge on any atom is 0.267 e. The number of rotatable bonds is 7. The standard InChI is InChI=1S/C22H26ClN7O2S.C2H6.CH5N/c1-14-4-3-5-16(23)20(14)28-21(32)17-13-24-22(33-17)27-18-12-19(26-15(2)25-18)30-8-6-29(7-9-30)10-11-31;2*1-2/h3-5,12-13,31H,6-11H2,1-2H3,(H,28,32)(H,24,25,26,27);1-2H3;2H2,1H3. The normalized spacial score (nSPS) is 13.1. The Bertz CT molecular complexity index is 1120. The fourth-order valence-corrected chi connectivity index (χ4v) is 4.62. The molecule has 1 aliphatic heterocycles. The van der Waals surface area contributed by atoms with Gasteiger partial charge in [-0.2, -0.15) is 0 Å². The van der Waals surface area contributed by atoms with Crippen LogP contribution in [0.1, 0.15) is 34.9 Å². The maximum atomic E-state index is 12.7. The first-order chi connectivity index (χ1) is 17.9. The number of hydrogen-bond donors (Lipinski definition) is 4. The van der Waals surface area contributed by atoms with Gasteiger partial charge in [0.1, 0.15) is 22.3 Å². The Labute approximate surface area is 227 Å². The molecule has 0 spiro atoms. The number of hydrogen-bond acceptors (Lipinski definition) is 10. The number of nitrogens with zero attached hydrogens (tertiary/aromatic N) is 5. The van der Waals surface area contributed by atoms with Gasteiger partial charge in [-0.15, -0.1) is 0 Å². The van der Waals surface area contributed by atoms with Crippen molar-refractivity contribution in [2.45, 2.75) is 27.7 Å². The lowest BCUT2D eigenvalue weighted by atomic mass is 10.2. The quantitative estimate of drug-likeness (QED) is 0.347. The predicted octanol–water partition coefficient (Wildman–Crippen LogP) is 3.91. The lowest BCUT2D eigenvalue weighted by Gasteiger charge is -2.35. The van der Waals surface area contributed by atoms with Crippen molar-refractivity contribution in [1.29, 1.82) is 0 Å². The molecule has 2 aromatic heterocycles. The summed E-state index contributed by atoms with van der Waals surface area (Å²) in [6, 6.07) is 7.37. The number of aliphatic hydroxyl groups excluding tert-OH is 1. The van der Waals surface area contributed by atoms with Crippen molar-refractivity contribution in [3.8, 4) is 0 Å². The van der Waals surface area contributed by atoms with E-state index < -0.39 is 0 Å². The van der Waals surface area contributed by atoms with E-state index in [4.69, 9.17) is 16.7 Å². The largest absolute Gasteiger partial charge is 0.395 e. The summed E-state index contributed by atoms with van der Waals surface area (Å²) in [7, 11) is 1.50. The molecular formula is C25H37ClN8O2S. The van der Waals surface area contributed by atoms with Crippen molar-refractivity contribution in [2.75, 3.05) is 61.9 Å². The smallest absolute Gasteiger partial charge is 0.267 e. The molecule has 1 saturated heterocycles. The van der Waals surface area contributed by atoms with Crippen molar-refractivity contribution in [3.05, 3.63) is 51.7 Å². The Morgan fingerprint density at radius 1 is 1.16 bits per heavy atom. The number of β-amino-alcohol motifs (C(OH)–C–C–N with tert-alkyl or cyclic N) is 1. The lowest BCUT2D eigenvalue weighted by molar-refractivity contribution is 0.103. The summed E-state index contributed by atoms with van der Waals surface area (Å²) in [4.78, 5) is 31.0. The Hall–Kier alpha value is -2.83. The van der Waals surface area contributed by atoms with E-state index in [-0.39, 0.29) is 12.5 Å². The number of piperazine rings is 1. The Morgan fingerprint density at radius 2 is 1.86 bits per heavy atom. The Balaban J connectivity index is 0.00000115. The van der Waals surface area contributed by atoms with E-state index >= 15 is 0 Å². The molecule has 0 unspecified atom stereocenters. The highest BCUT2D eigenvalue weighted by atomic mass is 35.5. The number of thiazole rings is 1. The molecule has 5 N–H and O–H groups in total. The summed E-state index contributed by atoms with van der Waals surface area (Å²) in [5.41, 5.74) is 5.99.